The molecule has 5 rings (SSSR count). The number of halogens is 2. The maximum atomic E-state index is 13.5. The first-order valence-corrected chi connectivity index (χ1v) is 12.6. The van der Waals surface area contributed by atoms with E-state index in [-0.39, 0.29) is 16.8 Å². The summed E-state index contributed by atoms with van der Waals surface area (Å²) in [6, 6.07) is 4.11. The van der Waals surface area contributed by atoms with Gasteiger partial charge in [-0.1, -0.05) is 11.6 Å². The standard InChI is InChI=1S/C26H32ClFN6O2/c1-32(2)13-18-12-30-34(4)24(18)26(36)10-16-7-15(8-17(16)11-26)22-23(33(3)14-29-22)25(35)31-19-5-6-21(28)20(27)9-19/h5-6,9,12,14-17,36H,7-8,10-11,13H2,1-4H3,(H,31,35). The number of carbonyl (C=O) groups excluding carboxylic acids is 1. The predicted octanol–water partition coefficient (Wildman–Crippen LogP) is 4.05. The molecule has 2 N–H and O–H groups in total. The summed E-state index contributed by atoms with van der Waals surface area (Å²) >= 11 is 5.87. The highest BCUT2D eigenvalue weighted by molar-refractivity contribution is 6.31. The zero-order chi connectivity index (χ0) is 25.8. The molecule has 1 amide bonds. The van der Waals surface area contributed by atoms with Crippen molar-refractivity contribution in [1.29, 1.82) is 0 Å². The zero-order valence-corrected chi connectivity index (χ0v) is 21.8. The van der Waals surface area contributed by atoms with Crippen LogP contribution in [0.1, 0.15) is 59.0 Å². The van der Waals surface area contributed by atoms with Gasteiger partial charge in [0.25, 0.3) is 5.91 Å². The van der Waals surface area contributed by atoms with Crippen LogP contribution in [0.2, 0.25) is 5.02 Å². The number of rotatable bonds is 6. The Morgan fingerprint density at radius 3 is 2.61 bits per heavy atom. The molecule has 2 aliphatic carbocycles. The largest absolute Gasteiger partial charge is 0.384 e. The van der Waals surface area contributed by atoms with Gasteiger partial charge in [-0.05, 0) is 69.8 Å². The van der Waals surface area contributed by atoms with Crippen LogP contribution in [-0.2, 0) is 26.2 Å². The molecule has 0 spiro atoms. The van der Waals surface area contributed by atoms with Crippen molar-refractivity contribution in [2.45, 2.75) is 43.7 Å². The smallest absolute Gasteiger partial charge is 0.274 e. The first-order valence-electron chi connectivity index (χ1n) is 12.2. The molecule has 3 aromatic rings. The molecule has 36 heavy (non-hydrogen) atoms. The van der Waals surface area contributed by atoms with Crippen LogP contribution >= 0.6 is 11.6 Å². The first-order chi connectivity index (χ1) is 17.1. The minimum Gasteiger partial charge on any atom is -0.384 e. The molecule has 2 aromatic heterocycles. The van der Waals surface area contributed by atoms with Gasteiger partial charge >= 0.3 is 0 Å². The predicted molar refractivity (Wildman–Crippen MR) is 135 cm³/mol. The fraction of sp³-hybridized carbons (Fsp3) is 0.500. The highest BCUT2D eigenvalue weighted by Gasteiger charge is 2.52. The third-order valence-corrected chi connectivity index (χ3v) is 8.02. The van der Waals surface area contributed by atoms with E-state index in [1.807, 2.05) is 32.0 Å². The van der Waals surface area contributed by atoms with E-state index in [4.69, 9.17) is 11.6 Å². The minimum absolute atomic E-state index is 0.0451. The Morgan fingerprint density at radius 1 is 1.28 bits per heavy atom. The summed E-state index contributed by atoms with van der Waals surface area (Å²) in [7, 11) is 7.73. The van der Waals surface area contributed by atoms with E-state index < -0.39 is 11.4 Å². The number of hydrogen-bond acceptors (Lipinski definition) is 5. The van der Waals surface area contributed by atoms with Crippen LogP contribution in [0.5, 0.6) is 0 Å². The van der Waals surface area contributed by atoms with Crippen LogP contribution in [0, 0.1) is 17.7 Å². The van der Waals surface area contributed by atoms with Crippen molar-refractivity contribution in [3.05, 3.63) is 64.2 Å². The van der Waals surface area contributed by atoms with Crippen LogP contribution < -0.4 is 5.32 Å². The summed E-state index contributed by atoms with van der Waals surface area (Å²) in [6.45, 7) is 0.731. The normalized spacial score (nSPS) is 25.5. The van der Waals surface area contributed by atoms with Crippen LogP contribution in [0.4, 0.5) is 10.1 Å². The number of aryl methyl sites for hydroxylation is 2. The van der Waals surface area contributed by atoms with Gasteiger partial charge in [0.05, 0.1) is 28.9 Å². The second-order valence-electron chi connectivity index (χ2n) is 10.7. The van der Waals surface area contributed by atoms with Gasteiger partial charge in [-0.3, -0.25) is 9.48 Å². The summed E-state index contributed by atoms with van der Waals surface area (Å²) in [5.41, 5.74) is 2.77. The Balaban J connectivity index is 1.33. The van der Waals surface area contributed by atoms with Gasteiger partial charge in [0.1, 0.15) is 17.1 Å². The first kappa shape index (κ1) is 24.9. The maximum absolute atomic E-state index is 13.5. The van der Waals surface area contributed by atoms with Crippen molar-refractivity contribution in [1.82, 2.24) is 24.2 Å². The van der Waals surface area contributed by atoms with Gasteiger partial charge in [0.2, 0.25) is 0 Å². The number of nitrogens with one attached hydrogen (secondary N) is 1. The molecule has 2 fully saturated rings. The molecule has 2 aliphatic rings. The van der Waals surface area contributed by atoms with E-state index in [0.717, 1.165) is 36.3 Å². The molecule has 10 heteroatoms. The lowest BCUT2D eigenvalue weighted by molar-refractivity contribution is 0.0250. The second kappa shape index (κ2) is 9.28. The van der Waals surface area contributed by atoms with Gasteiger partial charge in [0, 0.05) is 37.8 Å². The molecule has 2 unspecified atom stereocenters. The summed E-state index contributed by atoms with van der Waals surface area (Å²) in [5, 5.41) is 19.0. The van der Waals surface area contributed by atoms with Crippen molar-refractivity contribution < 1.29 is 14.3 Å². The molecule has 0 radical (unpaired) electrons. The summed E-state index contributed by atoms with van der Waals surface area (Å²) in [6.07, 6.45) is 6.61. The van der Waals surface area contributed by atoms with Crippen LogP contribution in [-0.4, -0.2) is 49.3 Å². The second-order valence-corrected chi connectivity index (χ2v) is 11.1. The summed E-state index contributed by atoms with van der Waals surface area (Å²) in [4.78, 5) is 19.9. The van der Waals surface area contributed by atoms with Crippen molar-refractivity contribution in [3.8, 4) is 0 Å². The Hall–Kier alpha value is -2.75. The number of aromatic nitrogens is 4. The summed E-state index contributed by atoms with van der Waals surface area (Å²) < 4.78 is 17.1. The minimum atomic E-state index is -0.900. The Kier molecular flexibility index (Phi) is 6.43. The highest BCUT2D eigenvalue weighted by Crippen LogP contribution is 2.57. The fourth-order valence-corrected chi connectivity index (χ4v) is 6.59. The Morgan fingerprint density at radius 2 is 1.97 bits per heavy atom. The molecule has 0 saturated heterocycles. The fourth-order valence-electron chi connectivity index (χ4n) is 6.41. The number of imidazole rings is 1. The number of fused-ring (bicyclic) bond motifs is 1. The van der Waals surface area contributed by atoms with Gasteiger partial charge in [0.15, 0.2) is 0 Å². The SMILES string of the molecule is CN(C)Cc1cnn(C)c1C1(O)CC2CC(c3ncn(C)c3C(=O)Nc3ccc(F)c(Cl)c3)CC2C1. The molecule has 8 nitrogen and oxygen atoms in total. The highest BCUT2D eigenvalue weighted by atomic mass is 35.5. The summed E-state index contributed by atoms with van der Waals surface area (Å²) in [5.74, 6) is -0.0132. The molecule has 0 aliphatic heterocycles. The Bertz CT molecular complexity index is 1290. The van der Waals surface area contributed by atoms with Crippen molar-refractivity contribution >= 4 is 23.2 Å². The Labute approximate surface area is 215 Å². The number of nitrogens with zero attached hydrogens (tertiary/aromatic N) is 5. The lowest BCUT2D eigenvalue weighted by Gasteiger charge is -2.27. The van der Waals surface area contributed by atoms with E-state index in [0.29, 0.717) is 36.1 Å². The zero-order valence-electron chi connectivity index (χ0n) is 21.0. The van der Waals surface area contributed by atoms with Crippen molar-refractivity contribution in [2.24, 2.45) is 25.9 Å². The average Bonchev–Trinajstić information content (AvgIpc) is 3.52. The van der Waals surface area contributed by atoms with E-state index in [2.05, 4.69) is 20.3 Å². The third-order valence-electron chi connectivity index (χ3n) is 7.73. The lowest BCUT2D eigenvalue weighted by Crippen LogP contribution is -2.29. The van der Waals surface area contributed by atoms with E-state index in [1.54, 1.807) is 17.9 Å². The molecule has 2 heterocycles. The van der Waals surface area contributed by atoms with Gasteiger partial charge in [-0.2, -0.15) is 5.10 Å². The lowest BCUT2D eigenvalue weighted by atomic mass is 9.88. The molecule has 2 saturated carbocycles. The van der Waals surface area contributed by atoms with E-state index in [9.17, 15) is 14.3 Å². The van der Waals surface area contributed by atoms with Crippen LogP contribution in [0.25, 0.3) is 0 Å². The van der Waals surface area contributed by atoms with Crippen molar-refractivity contribution in [2.75, 3.05) is 19.4 Å². The van der Waals surface area contributed by atoms with E-state index in [1.165, 1.54) is 18.2 Å². The number of benzene rings is 1. The van der Waals surface area contributed by atoms with Gasteiger partial charge < -0.3 is 19.9 Å². The quantitative estimate of drug-likeness (QED) is 0.518. The topological polar surface area (TPSA) is 88.2 Å². The molecule has 2 atom stereocenters. The number of carbonyl (C=O) groups is 1. The number of hydrogen-bond donors (Lipinski definition) is 2. The number of aliphatic hydroxyl groups is 1. The van der Waals surface area contributed by atoms with Gasteiger partial charge in [-0.15, -0.1) is 0 Å². The molecule has 1 aromatic carbocycles. The van der Waals surface area contributed by atoms with Crippen molar-refractivity contribution in [3.63, 3.8) is 0 Å². The molecule has 192 valence electrons. The number of anilines is 1. The van der Waals surface area contributed by atoms with Crippen LogP contribution in [0.15, 0.2) is 30.7 Å². The third kappa shape index (κ3) is 4.44. The van der Waals surface area contributed by atoms with E-state index >= 15 is 0 Å². The monoisotopic (exact) mass is 514 g/mol. The molecular weight excluding hydrogens is 483 g/mol. The average molecular weight is 515 g/mol. The number of amides is 1. The van der Waals surface area contributed by atoms with Gasteiger partial charge in [-0.25, -0.2) is 9.37 Å². The van der Waals surface area contributed by atoms with Crippen LogP contribution in [0.3, 0.4) is 0 Å². The molecular formula is C26H32ClFN6O2. The molecule has 0 bridgehead atoms. The maximum Gasteiger partial charge on any atom is 0.274 e.